The third kappa shape index (κ3) is 2.42. The predicted octanol–water partition coefficient (Wildman–Crippen LogP) is 2.40. The molecule has 0 saturated heterocycles. The van der Waals surface area contributed by atoms with Crippen molar-refractivity contribution >= 4 is 12.0 Å². The summed E-state index contributed by atoms with van der Waals surface area (Å²) in [6.07, 6.45) is 3.97. The lowest BCUT2D eigenvalue weighted by atomic mass is 10.1. The first-order valence-corrected chi connectivity index (χ1v) is 6.42. The van der Waals surface area contributed by atoms with E-state index in [0.717, 1.165) is 29.3 Å². The summed E-state index contributed by atoms with van der Waals surface area (Å²) in [5.41, 5.74) is 3.38. The minimum atomic E-state index is -0.896. The van der Waals surface area contributed by atoms with Crippen LogP contribution in [-0.4, -0.2) is 25.9 Å². The van der Waals surface area contributed by atoms with Crippen LogP contribution in [0.2, 0.25) is 0 Å². The molecule has 20 heavy (non-hydrogen) atoms. The second kappa shape index (κ2) is 4.85. The van der Waals surface area contributed by atoms with Crippen LogP contribution in [0.4, 0.5) is 0 Å². The summed E-state index contributed by atoms with van der Waals surface area (Å²) in [5, 5.41) is 9.01. The first-order valence-electron chi connectivity index (χ1n) is 6.42. The molecule has 102 valence electrons. The molecule has 5 heteroatoms. The van der Waals surface area contributed by atoms with Gasteiger partial charge in [-0.2, -0.15) is 0 Å². The minimum Gasteiger partial charge on any atom is -0.478 e. The fraction of sp³-hybridized carbons (Fsp3) is 0.200. The topological polar surface area (TPSA) is 69.2 Å². The van der Waals surface area contributed by atoms with Gasteiger partial charge < -0.3 is 15.0 Å². The Morgan fingerprint density at radius 3 is 3.15 bits per heavy atom. The number of nitrogens with zero attached hydrogens (tertiary/aromatic N) is 2. The smallest absolute Gasteiger partial charge is 0.335 e. The summed E-state index contributed by atoms with van der Waals surface area (Å²) in [5.74, 6) is 0.0156. The Hall–Kier alpha value is -2.56. The van der Waals surface area contributed by atoms with E-state index in [4.69, 9.17) is 5.11 Å². The molecule has 3 rings (SSSR count). The molecule has 1 aliphatic heterocycles. The lowest BCUT2D eigenvalue weighted by molar-refractivity contribution is 0.0696. The van der Waals surface area contributed by atoms with E-state index in [1.807, 2.05) is 25.3 Å². The number of rotatable bonds is 3. The fourth-order valence-corrected chi connectivity index (χ4v) is 2.39. The molecule has 0 radical (unpaired) electrons. The van der Waals surface area contributed by atoms with E-state index in [1.54, 1.807) is 18.2 Å². The van der Waals surface area contributed by atoms with Gasteiger partial charge in [-0.15, -0.1) is 0 Å². The average Bonchev–Trinajstić information content (AvgIpc) is 2.78. The molecule has 0 bridgehead atoms. The zero-order valence-corrected chi connectivity index (χ0v) is 11.1. The first kappa shape index (κ1) is 12.5. The normalized spacial score (nSPS) is 13.3. The van der Waals surface area contributed by atoms with Gasteiger partial charge in [-0.1, -0.05) is 12.1 Å². The molecule has 1 aliphatic rings. The van der Waals surface area contributed by atoms with Gasteiger partial charge in [0.2, 0.25) is 0 Å². The van der Waals surface area contributed by atoms with Crippen molar-refractivity contribution in [1.29, 1.82) is 0 Å². The van der Waals surface area contributed by atoms with Crippen LogP contribution in [0.3, 0.4) is 0 Å². The molecule has 0 aliphatic carbocycles. The van der Waals surface area contributed by atoms with Crippen LogP contribution < -0.4 is 0 Å². The zero-order chi connectivity index (χ0) is 14.1. The Kier molecular flexibility index (Phi) is 3.02. The quantitative estimate of drug-likeness (QED) is 0.897. The Bertz CT molecular complexity index is 688. The molecule has 0 fully saturated rings. The molecular weight excluding hydrogens is 254 g/mol. The SMILES string of the molecule is Cc1nc2c([nH]1)CN(Cc1cccc(C(=O)O)c1)C=C2. The van der Waals surface area contributed by atoms with Gasteiger partial charge in [0.25, 0.3) is 0 Å². The van der Waals surface area contributed by atoms with Gasteiger partial charge in [0.05, 0.1) is 23.5 Å². The number of carbonyl (C=O) groups is 1. The molecule has 0 atom stereocenters. The number of hydrogen-bond acceptors (Lipinski definition) is 3. The van der Waals surface area contributed by atoms with Crippen LogP contribution in [-0.2, 0) is 13.1 Å². The largest absolute Gasteiger partial charge is 0.478 e. The van der Waals surface area contributed by atoms with Gasteiger partial charge in [-0.25, -0.2) is 9.78 Å². The maximum Gasteiger partial charge on any atom is 0.335 e. The highest BCUT2D eigenvalue weighted by molar-refractivity contribution is 5.87. The Morgan fingerprint density at radius 1 is 1.50 bits per heavy atom. The minimum absolute atomic E-state index is 0.321. The van der Waals surface area contributed by atoms with Crippen molar-refractivity contribution in [2.45, 2.75) is 20.0 Å². The van der Waals surface area contributed by atoms with Crippen LogP contribution in [0.5, 0.6) is 0 Å². The molecule has 1 aromatic heterocycles. The van der Waals surface area contributed by atoms with Gasteiger partial charge in [0.1, 0.15) is 5.82 Å². The lowest BCUT2D eigenvalue weighted by Gasteiger charge is -2.23. The van der Waals surface area contributed by atoms with Crippen LogP contribution in [0.1, 0.15) is 33.1 Å². The number of aryl methyl sites for hydroxylation is 1. The lowest BCUT2D eigenvalue weighted by Crippen LogP contribution is -2.19. The third-order valence-corrected chi connectivity index (χ3v) is 3.29. The summed E-state index contributed by atoms with van der Waals surface area (Å²) in [4.78, 5) is 20.7. The van der Waals surface area contributed by atoms with E-state index < -0.39 is 5.97 Å². The molecule has 0 unspecified atom stereocenters. The molecule has 0 saturated carbocycles. The van der Waals surface area contributed by atoms with Crippen molar-refractivity contribution in [2.75, 3.05) is 0 Å². The molecule has 5 nitrogen and oxygen atoms in total. The molecule has 0 amide bonds. The molecule has 2 heterocycles. The summed E-state index contributed by atoms with van der Waals surface area (Å²) in [6, 6.07) is 7.03. The summed E-state index contributed by atoms with van der Waals surface area (Å²) < 4.78 is 0. The first-order chi connectivity index (χ1) is 9.61. The average molecular weight is 269 g/mol. The third-order valence-electron chi connectivity index (χ3n) is 3.29. The number of aromatic nitrogens is 2. The summed E-state index contributed by atoms with van der Waals surface area (Å²) in [7, 11) is 0. The van der Waals surface area contributed by atoms with Crippen LogP contribution >= 0.6 is 0 Å². The number of benzene rings is 1. The molecule has 2 aromatic rings. The van der Waals surface area contributed by atoms with Crippen LogP contribution in [0, 0.1) is 6.92 Å². The Labute approximate surface area is 116 Å². The number of aromatic amines is 1. The summed E-state index contributed by atoms with van der Waals surface area (Å²) in [6.45, 7) is 3.37. The van der Waals surface area contributed by atoms with Crippen molar-refractivity contribution in [3.8, 4) is 0 Å². The number of fused-ring (bicyclic) bond motifs is 1. The van der Waals surface area contributed by atoms with Gasteiger partial charge in [-0.05, 0) is 30.7 Å². The van der Waals surface area contributed by atoms with Gasteiger partial charge in [0.15, 0.2) is 0 Å². The predicted molar refractivity (Wildman–Crippen MR) is 75.0 cm³/mol. The van der Waals surface area contributed by atoms with Gasteiger partial charge in [-0.3, -0.25) is 0 Å². The van der Waals surface area contributed by atoms with E-state index in [2.05, 4.69) is 14.9 Å². The molecule has 2 N–H and O–H groups in total. The standard InChI is InChI=1S/C15H15N3O2/c1-10-16-13-5-6-18(9-14(13)17-10)8-11-3-2-4-12(7-11)15(19)20/h2-7H,8-9H2,1H3,(H,16,17)(H,19,20). The highest BCUT2D eigenvalue weighted by atomic mass is 16.4. The van der Waals surface area contributed by atoms with Crippen molar-refractivity contribution in [1.82, 2.24) is 14.9 Å². The molecular formula is C15H15N3O2. The summed E-state index contributed by atoms with van der Waals surface area (Å²) >= 11 is 0. The number of aromatic carboxylic acids is 1. The van der Waals surface area contributed by atoms with E-state index in [-0.39, 0.29) is 0 Å². The second-order valence-corrected chi connectivity index (χ2v) is 4.91. The van der Waals surface area contributed by atoms with Crippen molar-refractivity contribution in [3.05, 3.63) is 58.8 Å². The second-order valence-electron chi connectivity index (χ2n) is 4.91. The van der Waals surface area contributed by atoms with Gasteiger partial charge in [0, 0.05) is 12.7 Å². The monoisotopic (exact) mass is 269 g/mol. The maximum atomic E-state index is 11.0. The number of carboxylic acid groups (broad SMARTS) is 1. The number of H-pyrrole nitrogens is 1. The van der Waals surface area contributed by atoms with E-state index >= 15 is 0 Å². The van der Waals surface area contributed by atoms with Crippen molar-refractivity contribution in [2.24, 2.45) is 0 Å². The van der Waals surface area contributed by atoms with Gasteiger partial charge >= 0.3 is 5.97 Å². The zero-order valence-electron chi connectivity index (χ0n) is 11.1. The number of hydrogen-bond donors (Lipinski definition) is 2. The number of imidazole rings is 1. The highest BCUT2D eigenvalue weighted by Gasteiger charge is 2.14. The fourth-order valence-electron chi connectivity index (χ4n) is 2.39. The van der Waals surface area contributed by atoms with E-state index in [0.29, 0.717) is 12.1 Å². The van der Waals surface area contributed by atoms with Crippen molar-refractivity contribution < 1.29 is 9.90 Å². The van der Waals surface area contributed by atoms with Crippen molar-refractivity contribution in [3.63, 3.8) is 0 Å². The van der Waals surface area contributed by atoms with Crippen LogP contribution in [0.15, 0.2) is 30.5 Å². The van der Waals surface area contributed by atoms with E-state index in [9.17, 15) is 4.79 Å². The number of nitrogens with one attached hydrogen (secondary N) is 1. The molecule has 0 spiro atoms. The number of carboxylic acids is 1. The van der Waals surface area contributed by atoms with Crippen LogP contribution in [0.25, 0.3) is 6.08 Å². The maximum absolute atomic E-state index is 11.0. The Morgan fingerprint density at radius 2 is 2.35 bits per heavy atom. The molecule has 1 aromatic carbocycles. The van der Waals surface area contributed by atoms with E-state index in [1.165, 1.54) is 0 Å². The highest BCUT2D eigenvalue weighted by Crippen LogP contribution is 2.19. The Balaban J connectivity index is 1.76.